The summed E-state index contributed by atoms with van der Waals surface area (Å²) >= 11 is 0. The first-order valence-corrected chi connectivity index (χ1v) is 7.06. The van der Waals surface area contributed by atoms with Gasteiger partial charge in [0, 0.05) is 12.8 Å². The fraction of sp³-hybridized carbons (Fsp3) is 0.933. The van der Waals surface area contributed by atoms with Crippen LogP contribution in [0.15, 0.2) is 0 Å². The van der Waals surface area contributed by atoms with E-state index in [9.17, 15) is 0 Å². The van der Waals surface area contributed by atoms with Gasteiger partial charge < -0.3 is 4.85 Å². The molecule has 0 radical (unpaired) electrons. The Bertz CT molecular complexity index is 296. The van der Waals surface area contributed by atoms with Gasteiger partial charge in [0.25, 0.3) is 0 Å². The van der Waals surface area contributed by atoms with Crippen molar-refractivity contribution in [3.8, 4) is 0 Å². The molecule has 0 spiro atoms. The smallest absolute Gasteiger partial charge is 0.245 e. The highest BCUT2D eigenvalue weighted by molar-refractivity contribution is 5.07. The maximum Gasteiger partial charge on any atom is 0.245 e. The summed E-state index contributed by atoms with van der Waals surface area (Å²) in [5, 5.41) is 0. The Kier molecular flexibility index (Phi) is 3.50. The van der Waals surface area contributed by atoms with Gasteiger partial charge in [-0.1, -0.05) is 20.8 Å². The molecule has 2 rings (SSSR count). The van der Waals surface area contributed by atoms with Crippen molar-refractivity contribution in [2.45, 2.75) is 58.4 Å². The highest BCUT2D eigenvalue weighted by atomic mass is 15.2. The van der Waals surface area contributed by atoms with Crippen molar-refractivity contribution in [1.29, 1.82) is 0 Å². The minimum absolute atomic E-state index is 0.00850. The van der Waals surface area contributed by atoms with E-state index in [1.807, 2.05) is 0 Å². The van der Waals surface area contributed by atoms with Gasteiger partial charge in [0.2, 0.25) is 5.54 Å². The molecule has 2 aliphatic rings. The van der Waals surface area contributed by atoms with Gasteiger partial charge in [0.05, 0.1) is 6.54 Å². The lowest BCUT2D eigenvalue weighted by Crippen LogP contribution is -2.48. The third kappa shape index (κ3) is 2.83. The summed E-state index contributed by atoms with van der Waals surface area (Å²) in [6.45, 7) is 17.9. The van der Waals surface area contributed by atoms with Crippen molar-refractivity contribution in [1.82, 2.24) is 4.90 Å². The summed E-state index contributed by atoms with van der Waals surface area (Å²) < 4.78 is 0. The Hall–Kier alpha value is -0.550. The van der Waals surface area contributed by atoms with Crippen LogP contribution in [0.5, 0.6) is 0 Å². The molecule has 1 heterocycles. The third-order valence-electron chi connectivity index (χ3n) is 4.85. The predicted octanol–water partition coefficient (Wildman–Crippen LogP) is 3.59. The Morgan fingerprint density at radius 3 is 2.18 bits per heavy atom. The number of likely N-dealkylation sites (tertiary alicyclic amines) is 1. The van der Waals surface area contributed by atoms with Gasteiger partial charge in [-0.25, -0.2) is 6.57 Å². The van der Waals surface area contributed by atoms with Gasteiger partial charge in [-0.05, 0) is 43.7 Å². The second-order valence-corrected chi connectivity index (χ2v) is 7.11. The minimum atomic E-state index is 0.00850. The van der Waals surface area contributed by atoms with Crippen LogP contribution in [-0.2, 0) is 0 Å². The first-order chi connectivity index (χ1) is 7.95. The van der Waals surface area contributed by atoms with Crippen LogP contribution in [0, 0.1) is 17.9 Å². The Labute approximate surface area is 106 Å². The maximum atomic E-state index is 7.36. The molecule has 1 aliphatic heterocycles. The number of rotatable bonds is 2. The van der Waals surface area contributed by atoms with Gasteiger partial charge in [-0.15, -0.1) is 0 Å². The zero-order valence-corrected chi connectivity index (χ0v) is 11.6. The van der Waals surface area contributed by atoms with E-state index in [0.29, 0.717) is 5.41 Å². The van der Waals surface area contributed by atoms with E-state index >= 15 is 0 Å². The van der Waals surface area contributed by atoms with E-state index in [2.05, 4.69) is 30.5 Å². The van der Waals surface area contributed by atoms with Crippen LogP contribution < -0.4 is 0 Å². The van der Waals surface area contributed by atoms with Crippen molar-refractivity contribution in [2.75, 3.05) is 19.6 Å². The first-order valence-electron chi connectivity index (χ1n) is 7.06. The van der Waals surface area contributed by atoms with E-state index in [1.54, 1.807) is 0 Å². The summed E-state index contributed by atoms with van der Waals surface area (Å²) in [5.41, 5.74) is 0.467. The zero-order chi connectivity index (χ0) is 12.5. The van der Waals surface area contributed by atoms with Gasteiger partial charge >= 0.3 is 0 Å². The van der Waals surface area contributed by atoms with E-state index in [0.717, 1.165) is 25.3 Å². The number of hydrogen-bond acceptors (Lipinski definition) is 1. The highest BCUT2D eigenvalue weighted by Crippen LogP contribution is 2.39. The largest absolute Gasteiger partial charge is 0.309 e. The highest BCUT2D eigenvalue weighted by Gasteiger charge is 2.45. The quantitative estimate of drug-likeness (QED) is 0.663. The SMILES string of the molecule is [C-]#[N+]C1(CN2CCC(C(C)(C)C)CC2)CCC1. The molecule has 0 bridgehead atoms. The molecule has 0 unspecified atom stereocenters. The van der Waals surface area contributed by atoms with Crippen LogP contribution in [0.1, 0.15) is 52.9 Å². The molecule has 2 nitrogen and oxygen atoms in total. The number of piperidine rings is 1. The minimum Gasteiger partial charge on any atom is -0.309 e. The standard InChI is InChI=1S/C15H26N2/c1-14(2,3)13-6-10-17(11-7-13)12-15(16-4)8-5-9-15/h13H,5-12H2,1-3H3. The molecule has 17 heavy (non-hydrogen) atoms. The van der Waals surface area contributed by atoms with Crippen molar-refractivity contribution in [3.63, 3.8) is 0 Å². The van der Waals surface area contributed by atoms with Gasteiger partial charge in [0.15, 0.2) is 0 Å². The average molecular weight is 234 g/mol. The molecule has 0 amide bonds. The normalized spacial score (nSPS) is 26.2. The van der Waals surface area contributed by atoms with Crippen LogP contribution in [0.25, 0.3) is 4.85 Å². The summed E-state index contributed by atoms with van der Waals surface area (Å²) in [4.78, 5) is 6.44. The molecule has 0 aromatic rings. The molecule has 96 valence electrons. The van der Waals surface area contributed by atoms with Crippen LogP contribution in [-0.4, -0.2) is 30.1 Å². The Morgan fingerprint density at radius 2 is 1.82 bits per heavy atom. The molecule has 0 aromatic heterocycles. The monoisotopic (exact) mass is 234 g/mol. The van der Waals surface area contributed by atoms with Crippen molar-refractivity contribution in [2.24, 2.45) is 11.3 Å². The van der Waals surface area contributed by atoms with Crippen molar-refractivity contribution < 1.29 is 0 Å². The summed E-state index contributed by atoms with van der Waals surface area (Å²) in [6.07, 6.45) is 6.17. The molecule has 0 aromatic carbocycles. The van der Waals surface area contributed by atoms with Crippen LogP contribution >= 0.6 is 0 Å². The lowest BCUT2D eigenvalue weighted by atomic mass is 9.74. The van der Waals surface area contributed by atoms with Gasteiger partial charge in [-0.3, -0.25) is 4.90 Å². The Balaban J connectivity index is 1.82. The summed E-state index contributed by atoms with van der Waals surface area (Å²) in [7, 11) is 0. The molecule has 2 fully saturated rings. The topological polar surface area (TPSA) is 7.60 Å². The lowest BCUT2D eigenvalue weighted by Gasteiger charge is -2.41. The molecule has 1 saturated heterocycles. The van der Waals surface area contributed by atoms with Crippen LogP contribution in [0.4, 0.5) is 0 Å². The van der Waals surface area contributed by atoms with Gasteiger partial charge in [-0.2, -0.15) is 0 Å². The fourth-order valence-corrected chi connectivity index (χ4v) is 3.26. The van der Waals surface area contributed by atoms with Crippen molar-refractivity contribution in [3.05, 3.63) is 11.4 Å². The summed E-state index contributed by atoms with van der Waals surface area (Å²) in [6, 6.07) is 0. The third-order valence-corrected chi connectivity index (χ3v) is 4.85. The van der Waals surface area contributed by atoms with E-state index < -0.39 is 0 Å². The second kappa shape index (κ2) is 4.61. The molecular formula is C15H26N2. The van der Waals surface area contributed by atoms with Crippen LogP contribution in [0.3, 0.4) is 0 Å². The number of nitrogens with zero attached hydrogens (tertiary/aromatic N) is 2. The van der Waals surface area contributed by atoms with E-state index in [4.69, 9.17) is 6.57 Å². The predicted molar refractivity (Wildman–Crippen MR) is 71.8 cm³/mol. The molecule has 0 N–H and O–H groups in total. The second-order valence-electron chi connectivity index (χ2n) is 7.11. The van der Waals surface area contributed by atoms with E-state index in [1.165, 1.54) is 32.4 Å². The molecule has 1 aliphatic carbocycles. The van der Waals surface area contributed by atoms with Gasteiger partial charge in [0.1, 0.15) is 0 Å². The molecule has 2 heteroatoms. The number of hydrogen-bond donors (Lipinski definition) is 0. The lowest BCUT2D eigenvalue weighted by molar-refractivity contribution is 0.0868. The Morgan fingerprint density at radius 1 is 1.24 bits per heavy atom. The molecule has 0 atom stereocenters. The molecular weight excluding hydrogens is 208 g/mol. The maximum absolute atomic E-state index is 7.36. The van der Waals surface area contributed by atoms with E-state index in [-0.39, 0.29) is 5.54 Å². The molecule has 1 saturated carbocycles. The van der Waals surface area contributed by atoms with Crippen LogP contribution in [0.2, 0.25) is 0 Å². The first kappa shape index (κ1) is 12.9. The van der Waals surface area contributed by atoms with Crippen molar-refractivity contribution >= 4 is 0 Å². The zero-order valence-electron chi connectivity index (χ0n) is 11.6. The average Bonchev–Trinajstić information content (AvgIpc) is 2.23. The summed E-state index contributed by atoms with van der Waals surface area (Å²) in [5.74, 6) is 0.865. The fourth-order valence-electron chi connectivity index (χ4n) is 3.26.